The fourth-order valence-corrected chi connectivity index (χ4v) is 6.23. The van der Waals surface area contributed by atoms with Crippen molar-refractivity contribution in [2.45, 2.75) is 25.5 Å². The Morgan fingerprint density at radius 2 is 1.27 bits per heavy atom. The standard InChI is InChI=1S/C36H19F9N2O2/c1-18-10-19(34(37,38)39)13-22(11-18)46-16-26(24-6-2-4-8-28(24)46)30-32(48)31(33(30)49)27-17-47(29-9-5-3-7-25(27)29)23-14-20(35(40,41)42)12-21(15-23)36(43,44)45/h2-17H,1H3/p+1. The van der Waals surface area contributed by atoms with E-state index in [4.69, 9.17) is 0 Å². The number of fused-ring (bicyclic) bond motifs is 2. The van der Waals surface area contributed by atoms with Crippen LogP contribution >= 0.6 is 0 Å². The number of halogens is 9. The third kappa shape index (κ3) is 5.29. The summed E-state index contributed by atoms with van der Waals surface area (Å²) in [6.07, 6.45) is -12.2. The molecule has 1 aromatic heterocycles. The number of Topliss-reactive ketones (excluding diaryl/α,β-unsaturated/α-hetero) is 1. The van der Waals surface area contributed by atoms with E-state index in [-0.39, 0.29) is 45.3 Å². The van der Waals surface area contributed by atoms with Crippen LogP contribution in [-0.4, -0.2) is 21.7 Å². The van der Waals surface area contributed by atoms with Crippen molar-refractivity contribution in [3.8, 4) is 5.69 Å². The van der Waals surface area contributed by atoms with E-state index in [0.29, 0.717) is 28.6 Å². The lowest BCUT2D eigenvalue weighted by Crippen LogP contribution is -2.22. The van der Waals surface area contributed by atoms with Crippen LogP contribution in [0.25, 0.3) is 27.7 Å². The average Bonchev–Trinajstić information content (AvgIpc) is 3.59. The molecule has 1 aliphatic heterocycles. The second-order valence-corrected chi connectivity index (χ2v) is 11.6. The van der Waals surface area contributed by atoms with Gasteiger partial charge < -0.3 is 9.67 Å². The number of ketones is 1. The molecule has 0 spiro atoms. The van der Waals surface area contributed by atoms with Crippen molar-refractivity contribution >= 4 is 45.4 Å². The molecule has 13 heteroatoms. The third-order valence-electron chi connectivity index (χ3n) is 8.41. The number of aliphatic hydroxyl groups excluding tert-OH is 1. The summed E-state index contributed by atoms with van der Waals surface area (Å²) in [4.78, 5) is 13.8. The summed E-state index contributed by atoms with van der Waals surface area (Å²) < 4.78 is 125. The van der Waals surface area contributed by atoms with Gasteiger partial charge in [-0.3, -0.25) is 4.79 Å². The fourth-order valence-electron chi connectivity index (χ4n) is 6.23. The van der Waals surface area contributed by atoms with Crippen molar-refractivity contribution in [1.29, 1.82) is 0 Å². The van der Waals surface area contributed by atoms with E-state index in [0.717, 1.165) is 16.7 Å². The van der Waals surface area contributed by atoms with Crippen LogP contribution in [0.15, 0.2) is 102 Å². The van der Waals surface area contributed by atoms with Crippen LogP contribution in [0.2, 0.25) is 0 Å². The van der Waals surface area contributed by atoms with Gasteiger partial charge in [-0.15, -0.1) is 0 Å². The Morgan fingerprint density at radius 1 is 0.673 bits per heavy atom. The minimum Gasteiger partial charge on any atom is -0.506 e. The lowest BCUT2D eigenvalue weighted by atomic mass is 9.80. The van der Waals surface area contributed by atoms with Gasteiger partial charge in [0.25, 0.3) is 0 Å². The number of aliphatic hydroxyl groups is 1. The van der Waals surface area contributed by atoms with Crippen LogP contribution in [0.5, 0.6) is 0 Å². The Bertz CT molecular complexity index is 2300. The molecule has 248 valence electrons. The van der Waals surface area contributed by atoms with E-state index in [2.05, 4.69) is 0 Å². The van der Waals surface area contributed by atoms with Gasteiger partial charge in [-0.2, -0.15) is 44.1 Å². The molecular formula is C36H20F9N2O2+. The highest BCUT2D eigenvalue weighted by Gasteiger charge is 2.44. The lowest BCUT2D eigenvalue weighted by Gasteiger charge is -2.22. The Morgan fingerprint density at radius 3 is 1.90 bits per heavy atom. The minimum atomic E-state index is -5.09. The quantitative estimate of drug-likeness (QED) is 0.117. The molecule has 0 amide bonds. The normalized spacial score (nSPS) is 16.7. The maximum Gasteiger partial charge on any atom is 0.416 e. The van der Waals surface area contributed by atoms with Gasteiger partial charge >= 0.3 is 18.5 Å². The molecule has 4 aromatic carbocycles. The molecule has 2 aliphatic rings. The zero-order chi connectivity index (χ0) is 35.2. The van der Waals surface area contributed by atoms with E-state index < -0.39 is 52.4 Å². The summed E-state index contributed by atoms with van der Waals surface area (Å²) in [6, 6.07) is 17.2. The van der Waals surface area contributed by atoms with Crippen molar-refractivity contribution in [2.75, 3.05) is 0 Å². The van der Waals surface area contributed by atoms with E-state index >= 15 is 0 Å². The van der Waals surface area contributed by atoms with Crippen molar-refractivity contribution < 1.29 is 49.4 Å². The number of hydrogen-bond acceptors (Lipinski definition) is 2. The summed E-state index contributed by atoms with van der Waals surface area (Å²) in [5, 5.41) is 11.8. The molecular weight excluding hydrogens is 663 g/mol. The number of allylic oxidation sites excluding steroid dienone is 3. The number of hydrogen-bond donors (Lipinski definition) is 1. The molecule has 7 rings (SSSR count). The zero-order valence-corrected chi connectivity index (χ0v) is 24.9. The van der Waals surface area contributed by atoms with Gasteiger partial charge in [-0.05, 0) is 48.9 Å². The molecule has 2 heterocycles. The first kappa shape index (κ1) is 32.0. The smallest absolute Gasteiger partial charge is 0.416 e. The van der Waals surface area contributed by atoms with E-state index in [9.17, 15) is 49.4 Å². The van der Waals surface area contributed by atoms with Gasteiger partial charge in [-0.1, -0.05) is 30.3 Å². The summed E-state index contributed by atoms with van der Waals surface area (Å²) in [6.45, 7) is 1.51. The number of aryl methyl sites for hydroxylation is 1. The predicted molar refractivity (Wildman–Crippen MR) is 165 cm³/mol. The topological polar surface area (TPSA) is 45.2 Å². The van der Waals surface area contributed by atoms with Crippen molar-refractivity contribution in [1.82, 2.24) is 9.14 Å². The number of carbonyl (C=O) groups excluding carboxylic acids is 1. The van der Waals surface area contributed by atoms with Crippen molar-refractivity contribution in [3.63, 3.8) is 0 Å². The third-order valence-corrected chi connectivity index (χ3v) is 8.41. The summed E-state index contributed by atoms with van der Waals surface area (Å²) in [7, 11) is 0. The number of para-hydroxylation sites is 2. The van der Waals surface area contributed by atoms with Gasteiger partial charge in [0.2, 0.25) is 17.2 Å². The molecule has 0 atom stereocenters. The SMILES string of the molecule is Cc1cc(-n2cc(C3=C(O)/C(=C4/C=[N+](c5cc(C(F)(F)F)cc(C(F)(F)F)c5)c5ccccc54)C3=O)c3ccccc32)cc(C(F)(F)F)c1. The first-order chi connectivity index (χ1) is 22.9. The molecule has 1 N–H and O–H groups in total. The highest BCUT2D eigenvalue weighted by Crippen LogP contribution is 2.47. The van der Waals surface area contributed by atoms with Crippen LogP contribution in [0.1, 0.15) is 33.4 Å². The Balaban J connectivity index is 1.40. The number of aromatic nitrogens is 1. The van der Waals surface area contributed by atoms with E-state index in [1.807, 2.05) is 0 Å². The number of nitrogens with zero attached hydrogens (tertiary/aromatic N) is 2. The molecule has 5 aromatic rings. The van der Waals surface area contributed by atoms with Gasteiger partial charge in [-0.25, -0.2) is 0 Å². The molecule has 0 saturated carbocycles. The van der Waals surface area contributed by atoms with Crippen LogP contribution in [0.4, 0.5) is 50.9 Å². The Kier molecular flexibility index (Phi) is 6.99. The van der Waals surface area contributed by atoms with Gasteiger partial charge in [0.1, 0.15) is 5.76 Å². The molecule has 0 fully saturated rings. The van der Waals surface area contributed by atoms with Crippen molar-refractivity contribution in [2.24, 2.45) is 0 Å². The fraction of sp³-hybridized carbons (Fsp3) is 0.111. The van der Waals surface area contributed by atoms with E-state index in [1.165, 1.54) is 48.2 Å². The molecule has 49 heavy (non-hydrogen) atoms. The first-order valence-electron chi connectivity index (χ1n) is 14.5. The number of alkyl halides is 9. The molecule has 0 unspecified atom stereocenters. The Labute approximate surface area is 271 Å². The zero-order valence-electron chi connectivity index (χ0n) is 24.9. The average molecular weight is 684 g/mol. The van der Waals surface area contributed by atoms with Gasteiger partial charge in [0, 0.05) is 41.0 Å². The van der Waals surface area contributed by atoms with Crippen LogP contribution in [0.3, 0.4) is 0 Å². The number of carbonyl (C=O) groups is 1. The largest absolute Gasteiger partial charge is 0.506 e. The predicted octanol–water partition coefficient (Wildman–Crippen LogP) is 10.2. The Hall–Kier alpha value is -5.59. The van der Waals surface area contributed by atoms with Gasteiger partial charge in [0.05, 0.1) is 44.5 Å². The maximum absolute atomic E-state index is 13.8. The van der Waals surface area contributed by atoms with Gasteiger partial charge in [0.15, 0.2) is 6.21 Å². The molecule has 0 radical (unpaired) electrons. The number of rotatable bonds is 3. The second-order valence-electron chi connectivity index (χ2n) is 11.6. The molecule has 1 aliphatic carbocycles. The second kappa shape index (κ2) is 10.7. The monoisotopic (exact) mass is 683 g/mol. The van der Waals surface area contributed by atoms with E-state index in [1.54, 1.807) is 30.3 Å². The molecule has 4 nitrogen and oxygen atoms in total. The summed E-state index contributed by atoms with van der Waals surface area (Å²) in [5.41, 5.74) is -3.12. The van der Waals surface area contributed by atoms with Crippen LogP contribution in [-0.2, 0) is 23.3 Å². The highest BCUT2D eigenvalue weighted by atomic mass is 19.4. The lowest BCUT2D eigenvalue weighted by molar-refractivity contribution is -0.143. The minimum absolute atomic E-state index is 0.0122. The molecule has 0 bridgehead atoms. The number of benzene rings is 4. The van der Waals surface area contributed by atoms with Crippen LogP contribution < -0.4 is 4.58 Å². The first-order valence-corrected chi connectivity index (χ1v) is 14.5. The summed E-state index contributed by atoms with van der Waals surface area (Å²) in [5.74, 6) is -1.17. The van der Waals surface area contributed by atoms with Crippen molar-refractivity contribution in [3.05, 3.63) is 136 Å². The van der Waals surface area contributed by atoms with Crippen LogP contribution in [0, 0.1) is 6.92 Å². The summed E-state index contributed by atoms with van der Waals surface area (Å²) >= 11 is 0. The highest BCUT2D eigenvalue weighted by molar-refractivity contribution is 6.45. The maximum atomic E-state index is 13.8. The molecule has 0 saturated heterocycles.